The second-order valence-corrected chi connectivity index (χ2v) is 9.84. The van der Waals surface area contributed by atoms with Crippen LogP contribution < -0.4 is 15.5 Å². The van der Waals surface area contributed by atoms with Crippen molar-refractivity contribution in [3.63, 3.8) is 0 Å². The van der Waals surface area contributed by atoms with Crippen LogP contribution in [-0.4, -0.2) is 61.9 Å². The molecule has 10 heteroatoms. The van der Waals surface area contributed by atoms with E-state index in [1.54, 1.807) is 17.3 Å². The molecular formula is C27H26N8O2. The van der Waals surface area contributed by atoms with Crippen LogP contribution in [0.2, 0.25) is 0 Å². The largest absolute Gasteiger partial charge is 0.348 e. The van der Waals surface area contributed by atoms with E-state index in [0.717, 1.165) is 40.9 Å². The van der Waals surface area contributed by atoms with Crippen molar-refractivity contribution in [2.45, 2.75) is 25.4 Å². The molecule has 0 spiro atoms. The van der Waals surface area contributed by atoms with E-state index in [-0.39, 0.29) is 17.9 Å². The number of pyridine rings is 3. The van der Waals surface area contributed by atoms with Gasteiger partial charge in [-0.3, -0.25) is 24.4 Å². The number of nitrogens with one attached hydrogen (secondary N) is 2. The summed E-state index contributed by atoms with van der Waals surface area (Å²) in [4.78, 5) is 43.7. The molecule has 3 aliphatic heterocycles. The Morgan fingerprint density at radius 1 is 1.11 bits per heavy atom. The summed E-state index contributed by atoms with van der Waals surface area (Å²) in [7, 11) is 1.96. The number of likely N-dealkylation sites (tertiary alicyclic amines) is 1. The number of hydrogen-bond donors (Lipinski definition) is 2. The summed E-state index contributed by atoms with van der Waals surface area (Å²) in [5.41, 5.74) is 4.56. The Morgan fingerprint density at radius 3 is 2.84 bits per heavy atom. The van der Waals surface area contributed by atoms with Crippen LogP contribution in [0, 0.1) is 0 Å². The first-order valence-electron chi connectivity index (χ1n) is 12.6. The third kappa shape index (κ3) is 3.55. The summed E-state index contributed by atoms with van der Waals surface area (Å²) in [5.74, 6) is 1.12. The summed E-state index contributed by atoms with van der Waals surface area (Å²) in [5, 5.41) is 7.22. The molecule has 0 saturated carbocycles. The van der Waals surface area contributed by atoms with E-state index in [0.29, 0.717) is 42.4 Å². The number of amides is 2. The van der Waals surface area contributed by atoms with E-state index < -0.39 is 0 Å². The maximum Gasteiger partial charge on any atom is 0.254 e. The molecule has 4 aromatic rings. The lowest BCUT2D eigenvalue weighted by atomic mass is 10.0. The molecule has 0 bridgehead atoms. The minimum absolute atomic E-state index is 0.0948. The molecule has 1 atom stereocenters. The van der Waals surface area contributed by atoms with Crippen LogP contribution >= 0.6 is 0 Å². The summed E-state index contributed by atoms with van der Waals surface area (Å²) in [6, 6.07) is 9.78. The molecule has 0 radical (unpaired) electrons. The number of fused-ring (bicyclic) bond motifs is 2. The maximum atomic E-state index is 12.9. The van der Waals surface area contributed by atoms with Crippen molar-refractivity contribution in [2.75, 3.05) is 29.9 Å². The van der Waals surface area contributed by atoms with Gasteiger partial charge in [0.1, 0.15) is 17.3 Å². The van der Waals surface area contributed by atoms with Gasteiger partial charge in [0, 0.05) is 61.5 Å². The smallest absolute Gasteiger partial charge is 0.254 e. The predicted molar refractivity (Wildman–Crippen MR) is 140 cm³/mol. The van der Waals surface area contributed by atoms with Crippen LogP contribution in [0.1, 0.15) is 28.8 Å². The van der Waals surface area contributed by atoms with Gasteiger partial charge in [-0.1, -0.05) is 6.07 Å². The minimum Gasteiger partial charge on any atom is -0.348 e. The zero-order chi connectivity index (χ0) is 25.1. The number of nitrogens with zero attached hydrogens (tertiary/aromatic N) is 6. The fourth-order valence-electron chi connectivity index (χ4n) is 5.58. The first-order chi connectivity index (χ1) is 18.1. The molecule has 7 rings (SSSR count). The number of hydrogen-bond acceptors (Lipinski definition) is 7. The van der Waals surface area contributed by atoms with Crippen LogP contribution in [0.3, 0.4) is 0 Å². The lowest BCUT2D eigenvalue weighted by Gasteiger charge is -2.35. The molecule has 2 N–H and O–H groups in total. The number of aryl methyl sites for hydroxylation is 1. The Morgan fingerprint density at radius 2 is 2.00 bits per heavy atom. The molecule has 0 aromatic carbocycles. The Labute approximate surface area is 213 Å². The van der Waals surface area contributed by atoms with Gasteiger partial charge >= 0.3 is 0 Å². The van der Waals surface area contributed by atoms with Crippen LogP contribution in [0.25, 0.3) is 22.3 Å². The van der Waals surface area contributed by atoms with Gasteiger partial charge in [0.15, 0.2) is 0 Å². The van der Waals surface area contributed by atoms with Gasteiger partial charge in [-0.25, -0.2) is 9.97 Å². The number of carbonyl (C=O) groups is 2. The lowest BCUT2D eigenvalue weighted by molar-refractivity contribution is -0.117. The zero-order valence-electron chi connectivity index (χ0n) is 20.4. The number of carbonyl (C=O) groups excluding carboxylic acids is 2. The summed E-state index contributed by atoms with van der Waals surface area (Å²) >= 11 is 0. The highest BCUT2D eigenvalue weighted by Crippen LogP contribution is 2.36. The summed E-state index contributed by atoms with van der Waals surface area (Å²) < 4.78 is 1.97. The third-order valence-corrected chi connectivity index (χ3v) is 7.64. The Kier molecular flexibility index (Phi) is 4.97. The van der Waals surface area contributed by atoms with Crippen molar-refractivity contribution in [1.82, 2.24) is 29.7 Å². The van der Waals surface area contributed by atoms with Crippen molar-refractivity contribution in [3.05, 3.63) is 60.0 Å². The van der Waals surface area contributed by atoms with Crippen molar-refractivity contribution >= 4 is 40.2 Å². The van der Waals surface area contributed by atoms with Crippen LogP contribution in [0.15, 0.2) is 48.9 Å². The van der Waals surface area contributed by atoms with Crippen molar-refractivity contribution in [3.8, 4) is 11.3 Å². The summed E-state index contributed by atoms with van der Waals surface area (Å²) in [6.07, 6.45) is 7.15. The lowest BCUT2D eigenvalue weighted by Crippen LogP contribution is -2.46. The van der Waals surface area contributed by atoms with E-state index in [4.69, 9.17) is 9.97 Å². The maximum absolute atomic E-state index is 12.9. The summed E-state index contributed by atoms with van der Waals surface area (Å²) in [6.45, 7) is 3.18. The topological polar surface area (TPSA) is 108 Å². The van der Waals surface area contributed by atoms with Crippen molar-refractivity contribution in [1.29, 1.82) is 0 Å². The molecule has 0 aliphatic carbocycles. The Hall–Kier alpha value is -4.31. The van der Waals surface area contributed by atoms with Gasteiger partial charge in [-0.15, -0.1) is 0 Å². The molecule has 10 nitrogen and oxygen atoms in total. The number of anilines is 3. The van der Waals surface area contributed by atoms with Crippen LogP contribution in [-0.2, 0) is 18.4 Å². The highest BCUT2D eigenvalue weighted by atomic mass is 16.2. The van der Waals surface area contributed by atoms with E-state index >= 15 is 0 Å². The molecule has 7 heterocycles. The number of aromatic nitrogens is 4. The van der Waals surface area contributed by atoms with E-state index in [2.05, 4.69) is 20.5 Å². The molecule has 3 aliphatic rings. The highest BCUT2D eigenvalue weighted by molar-refractivity contribution is 6.06. The average molecular weight is 495 g/mol. The standard InChI is InChI=1S/C27H26N8O2/c1-33-11-7-18-17(6-8-28-26(18)33)25-19-13-30-27(37)24(19)20(14-29-25)31-21-4-2-5-22(32-21)35-15-16(12-23(35)36)34-9-3-10-34/h2,4-8,11,14,16H,3,9-10,12-13,15H2,1H3,(H,30,37)(H,31,32)/t16-/m0/s1. The van der Waals surface area contributed by atoms with Gasteiger partial charge in [-0.05, 0) is 43.8 Å². The molecule has 0 unspecified atom stereocenters. The zero-order valence-corrected chi connectivity index (χ0v) is 20.4. The van der Waals surface area contributed by atoms with Gasteiger partial charge in [0.05, 0.1) is 23.1 Å². The highest BCUT2D eigenvalue weighted by Gasteiger charge is 2.37. The molecule has 4 aromatic heterocycles. The fraction of sp³-hybridized carbons (Fsp3) is 0.296. The Bertz CT molecular complexity index is 1570. The predicted octanol–water partition coefficient (Wildman–Crippen LogP) is 2.83. The van der Waals surface area contributed by atoms with Gasteiger partial charge in [0.25, 0.3) is 5.91 Å². The Balaban J connectivity index is 1.21. The molecule has 2 fully saturated rings. The van der Waals surface area contributed by atoms with E-state index in [1.807, 2.05) is 48.1 Å². The second kappa shape index (κ2) is 8.38. The van der Waals surface area contributed by atoms with Crippen LogP contribution in [0.5, 0.6) is 0 Å². The normalized spacial score (nSPS) is 19.3. The van der Waals surface area contributed by atoms with Crippen molar-refractivity contribution < 1.29 is 9.59 Å². The first-order valence-corrected chi connectivity index (χ1v) is 12.6. The molecular weight excluding hydrogens is 468 g/mol. The van der Waals surface area contributed by atoms with Gasteiger partial charge in [0.2, 0.25) is 5.91 Å². The number of rotatable bonds is 5. The molecule has 37 heavy (non-hydrogen) atoms. The molecule has 2 saturated heterocycles. The monoisotopic (exact) mass is 494 g/mol. The van der Waals surface area contributed by atoms with E-state index in [1.165, 1.54) is 6.42 Å². The van der Waals surface area contributed by atoms with Gasteiger partial charge in [-0.2, -0.15) is 0 Å². The fourth-order valence-corrected chi connectivity index (χ4v) is 5.58. The van der Waals surface area contributed by atoms with Crippen molar-refractivity contribution in [2.24, 2.45) is 7.05 Å². The SMILES string of the molecule is Cn1ccc2c(-c3ncc(Nc4cccc(N5C[C@@H](N6CCC6)CC5=O)n4)c4c3CNC4=O)ccnc21. The second-order valence-electron chi connectivity index (χ2n) is 9.84. The van der Waals surface area contributed by atoms with E-state index in [9.17, 15) is 9.59 Å². The van der Waals surface area contributed by atoms with Gasteiger partial charge < -0.3 is 15.2 Å². The first kappa shape index (κ1) is 21.9. The third-order valence-electron chi connectivity index (χ3n) is 7.64. The quantitative estimate of drug-likeness (QED) is 0.439. The van der Waals surface area contributed by atoms with Crippen LogP contribution in [0.4, 0.5) is 17.3 Å². The molecule has 2 amide bonds. The average Bonchev–Trinajstić information content (AvgIpc) is 3.56. The minimum atomic E-state index is -0.150. The molecule has 186 valence electrons.